The molecule has 1 N–H and O–H groups in total. The summed E-state index contributed by atoms with van der Waals surface area (Å²) in [6.45, 7) is 2.68. The van der Waals surface area contributed by atoms with Crippen LogP contribution in [0.2, 0.25) is 0 Å². The van der Waals surface area contributed by atoms with E-state index in [1.165, 1.54) is 0 Å². The highest BCUT2D eigenvalue weighted by molar-refractivity contribution is 5.96. The summed E-state index contributed by atoms with van der Waals surface area (Å²) in [5.74, 6) is 0.716. The SMILES string of the molecule is O=C(CCN1CCOCC1CC(O)c1ccco1)c1ccccc1. The number of furan rings is 1. The fourth-order valence-corrected chi connectivity index (χ4v) is 3.07. The molecular weight excluding hydrogens is 306 g/mol. The van der Waals surface area contributed by atoms with Crippen molar-refractivity contribution in [2.75, 3.05) is 26.3 Å². The van der Waals surface area contributed by atoms with E-state index in [1.807, 2.05) is 30.3 Å². The molecule has 1 aliphatic heterocycles. The average molecular weight is 329 g/mol. The van der Waals surface area contributed by atoms with E-state index in [1.54, 1.807) is 18.4 Å². The van der Waals surface area contributed by atoms with Crippen molar-refractivity contribution >= 4 is 5.78 Å². The summed E-state index contributed by atoms with van der Waals surface area (Å²) in [5.41, 5.74) is 0.748. The third-order valence-electron chi connectivity index (χ3n) is 4.44. The molecule has 1 aromatic carbocycles. The predicted molar refractivity (Wildman–Crippen MR) is 89.9 cm³/mol. The van der Waals surface area contributed by atoms with Gasteiger partial charge in [-0.2, -0.15) is 0 Å². The first-order valence-corrected chi connectivity index (χ1v) is 8.35. The van der Waals surface area contributed by atoms with Crippen LogP contribution in [-0.2, 0) is 4.74 Å². The van der Waals surface area contributed by atoms with E-state index < -0.39 is 6.10 Å². The first-order valence-electron chi connectivity index (χ1n) is 8.35. The Morgan fingerprint density at radius 3 is 2.83 bits per heavy atom. The Labute approximate surface area is 141 Å². The maximum atomic E-state index is 12.3. The Balaban J connectivity index is 1.55. The summed E-state index contributed by atoms with van der Waals surface area (Å²) in [7, 11) is 0. The number of carbonyl (C=O) groups is 1. The number of aliphatic hydroxyl groups excluding tert-OH is 1. The molecule has 1 saturated heterocycles. The highest BCUT2D eigenvalue weighted by atomic mass is 16.5. The predicted octanol–water partition coefficient (Wildman–Crippen LogP) is 2.68. The Morgan fingerprint density at radius 1 is 1.25 bits per heavy atom. The standard InChI is InChI=1S/C19H23NO4/c21-17(15-5-2-1-3-6-15)8-9-20-10-12-23-14-16(20)13-18(22)19-7-4-11-24-19/h1-7,11,16,18,22H,8-10,12-14H2. The van der Waals surface area contributed by atoms with Gasteiger partial charge >= 0.3 is 0 Å². The van der Waals surface area contributed by atoms with Crippen LogP contribution in [0.25, 0.3) is 0 Å². The molecule has 24 heavy (non-hydrogen) atoms. The average Bonchev–Trinajstić information content (AvgIpc) is 3.16. The van der Waals surface area contributed by atoms with Gasteiger partial charge in [-0.1, -0.05) is 30.3 Å². The highest BCUT2D eigenvalue weighted by Gasteiger charge is 2.27. The van der Waals surface area contributed by atoms with Crippen LogP contribution in [0.5, 0.6) is 0 Å². The maximum Gasteiger partial charge on any atom is 0.164 e. The van der Waals surface area contributed by atoms with E-state index in [9.17, 15) is 9.90 Å². The molecule has 2 heterocycles. The van der Waals surface area contributed by atoms with E-state index in [4.69, 9.17) is 9.15 Å². The Hall–Kier alpha value is -1.95. The van der Waals surface area contributed by atoms with E-state index in [2.05, 4.69) is 4.90 Å². The third-order valence-corrected chi connectivity index (χ3v) is 4.44. The number of rotatable bonds is 7. The van der Waals surface area contributed by atoms with Crippen LogP contribution in [0.4, 0.5) is 0 Å². The highest BCUT2D eigenvalue weighted by Crippen LogP contribution is 2.23. The number of aliphatic hydroxyl groups is 1. The minimum Gasteiger partial charge on any atom is -0.467 e. The van der Waals surface area contributed by atoms with Crippen LogP contribution in [0.3, 0.4) is 0 Å². The summed E-state index contributed by atoms with van der Waals surface area (Å²) in [6.07, 6.45) is 1.91. The number of Topliss-reactive ketones (excluding diaryl/α,β-unsaturated/α-hetero) is 1. The number of benzene rings is 1. The fourth-order valence-electron chi connectivity index (χ4n) is 3.07. The molecule has 0 amide bonds. The third kappa shape index (κ3) is 4.32. The molecule has 2 unspecified atom stereocenters. The molecule has 5 heteroatoms. The lowest BCUT2D eigenvalue weighted by Gasteiger charge is -2.36. The van der Waals surface area contributed by atoms with Crippen molar-refractivity contribution in [2.45, 2.75) is 25.0 Å². The van der Waals surface area contributed by atoms with E-state index >= 15 is 0 Å². The van der Waals surface area contributed by atoms with Crippen molar-refractivity contribution in [3.8, 4) is 0 Å². The normalized spacial score (nSPS) is 20.0. The Kier molecular flexibility index (Phi) is 5.80. The topological polar surface area (TPSA) is 62.9 Å². The van der Waals surface area contributed by atoms with Crippen molar-refractivity contribution in [3.05, 3.63) is 60.1 Å². The van der Waals surface area contributed by atoms with Crippen molar-refractivity contribution in [3.63, 3.8) is 0 Å². The Bertz CT molecular complexity index is 626. The van der Waals surface area contributed by atoms with Gasteiger partial charge in [-0.25, -0.2) is 0 Å². The molecule has 1 aliphatic rings. The van der Waals surface area contributed by atoms with E-state index in [0.717, 1.165) is 12.1 Å². The van der Waals surface area contributed by atoms with Crippen molar-refractivity contribution in [1.29, 1.82) is 0 Å². The maximum absolute atomic E-state index is 12.3. The molecule has 0 spiro atoms. The molecule has 128 valence electrons. The van der Waals surface area contributed by atoms with Gasteiger partial charge in [0.05, 0.1) is 19.5 Å². The van der Waals surface area contributed by atoms with Gasteiger partial charge < -0.3 is 14.3 Å². The van der Waals surface area contributed by atoms with Gasteiger partial charge in [0, 0.05) is 31.1 Å². The molecule has 3 rings (SSSR count). The van der Waals surface area contributed by atoms with Gasteiger partial charge in [0.1, 0.15) is 11.9 Å². The minimum absolute atomic E-state index is 0.0856. The van der Waals surface area contributed by atoms with Crippen LogP contribution >= 0.6 is 0 Å². The van der Waals surface area contributed by atoms with Gasteiger partial charge in [0.2, 0.25) is 0 Å². The summed E-state index contributed by atoms with van der Waals surface area (Å²) >= 11 is 0. The molecule has 2 atom stereocenters. The number of nitrogens with zero attached hydrogens (tertiary/aromatic N) is 1. The number of morpholine rings is 1. The monoisotopic (exact) mass is 329 g/mol. The lowest BCUT2D eigenvalue weighted by Crippen LogP contribution is -2.46. The van der Waals surface area contributed by atoms with Crippen molar-refractivity contribution < 1.29 is 19.1 Å². The molecule has 0 saturated carbocycles. The lowest BCUT2D eigenvalue weighted by molar-refractivity contribution is -0.0281. The van der Waals surface area contributed by atoms with Crippen LogP contribution < -0.4 is 0 Å². The lowest BCUT2D eigenvalue weighted by atomic mass is 10.0. The zero-order valence-electron chi connectivity index (χ0n) is 13.6. The largest absolute Gasteiger partial charge is 0.467 e. The van der Waals surface area contributed by atoms with Gasteiger partial charge in [-0.05, 0) is 18.6 Å². The number of carbonyl (C=O) groups excluding carboxylic acids is 1. The first kappa shape index (κ1) is 16.9. The number of ether oxygens (including phenoxy) is 1. The molecule has 0 radical (unpaired) electrons. The number of hydrogen-bond acceptors (Lipinski definition) is 5. The van der Waals surface area contributed by atoms with Crippen LogP contribution in [0.1, 0.15) is 35.1 Å². The zero-order chi connectivity index (χ0) is 16.8. The first-order chi connectivity index (χ1) is 11.7. The molecule has 1 fully saturated rings. The van der Waals surface area contributed by atoms with E-state index in [-0.39, 0.29) is 11.8 Å². The molecular formula is C19H23NO4. The molecule has 0 aliphatic carbocycles. The minimum atomic E-state index is -0.654. The second-order valence-corrected chi connectivity index (χ2v) is 6.07. The summed E-state index contributed by atoms with van der Waals surface area (Å²) < 4.78 is 10.8. The van der Waals surface area contributed by atoms with Crippen molar-refractivity contribution in [1.82, 2.24) is 4.90 Å². The fraction of sp³-hybridized carbons (Fsp3) is 0.421. The second kappa shape index (κ2) is 8.24. The molecule has 1 aromatic heterocycles. The van der Waals surface area contributed by atoms with Gasteiger partial charge in [-0.3, -0.25) is 9.69 Å². The smallest absolute Gasteiger partial charge is 0.164 e. The van der Waals surface area contributed by atoms with Gasteiger partial charge in [0.15, 0.2) is 5.78 Å². The summed E-state index contributed by atoms with van der Waals surface area (Å²) in [6, 6.07) is 13.0. The van der Waals surface area contributed by atoms with Crippen LogP contribution in [0, 0.1) is 0 Å². The second-order valence-electron chi connectivity index (χ2n) is 6.07. The number of ketones is 1. The van der Waals surface area contributed by atoms with Gasteiger partial charge in [-0.15, -0.1) is 0 Å². The van der Waals surface area contributed by atoms with E-state index in [0.29, 0.717) is 38.4 Å². The molecule has 0 bridgehead atoms. The Morgan fingerprint density at radius 2 is 2.08 bits per heavy atom. The quantitative estimate of drug-likeness (QED) is 0.791. The summed E-state index contributed by atoms with van der Waals surface area (Å²) in [5, 5.41) is 10.3. The molecule has 5 nitrogen and oxygen atoms in total. The number of hydrogen-bond donors (Lipinski definition) is 1. The summed E-state index contributed by atoms with van der Waals surface area (Å²) in [4.78, 5) is 14.5. The molecule has 2 aromatic rings. The van der Waals surface area contributed by atoms with Crippen molar-refractivity contribution in [2.24, 2.45) is 0 Å². The van der Waals surface area contributed by atoms with Crippen LogP contribution in [-0.4, -0.2) is 48.1 Å². The van der Waals surface area contributed by atoms with Crippen LogP contribution in [0.15, 0.2) is 53.1 Å². The van der Waals surface area contributed by atoms with Gasteiger partial charge in [0.25, 0.3) is 0 Å². The zero-order valence-corrected chi connectivity index (χ0v) is 13.6.